The number of nitro benzene ring substituents is 1. The van der Waals surface area contributed by atoms with E-state index in [-0.39, 0.29) is 30.5 Å². The molecule has 154 valence electrons. The van der Waals surface area contributed by atoms with E-state index in [0.717, 1.165) is 28.1 Å². The highest BCUT2D eigenvalue weighted by Crippen LogP contribution is 2.21. The lowest BCUT2D eigenvalue weighted by Crippen LogP contribution is -2.33. The van der Waals surface area contributed by atoms with Crippen LogP contribution in [0, 0.1) is 30.9 Å². The lowest BCUT2D eigenvalue weighted by atomic mass is 10.1. The van der Waals surface area contributed by atoms with Gasteiger partial charge in [-0.1, -0.05) is 17.7 Å². The maximum atomic E-state index is 12.1. The highest BCUT2D eigenvalue weighted by atomic mass is 16.6. The highest BCUT2D eigenvalue weighted by molar-refractivity contribution is 5.95. The van der Waals surface area contributed by atoms with Gasteiger partial charge in [0, 0.05) is 36.5 Å². The summed E-state index contributed by atoms with van der Waals surface area (Å²) in [5.41, 5.74) is 4.67. The number of anilines is 2. The number of hydrogen-bond donors (Lipinski definition) is 3. The summed E-state index contributed by atoms with van der Waals surface area (Å²) in [4.78, 5) is 34.2. The predicted molar refractivity (Wildman–Crippen MR) is 113 cm³/mol. The number of nitrogens with one attached hydrogen (secondary N) is 3. The van der Waals surface area contributed by atoms with Gasteiger partial charge < -0.3 is 16.0 Å². The van der Waals surface area contributed by atoms with Crippen LogP contribution < -0.4 is 16.0 Å². The fourth-order valence-electron chi connectivity index (χ4n) is 3.01. The zero-order chi connectivity index (χ0) is 21.4. The largest absolute Gasteiger partial charge is 0.385 e. The quantitative estimate of drug-likeness (QED) is 0.340. The fraction of sp³-hybridized carbons (Fsp3) is 0.333. The molecule has 2 aromatic carbocycles. The van der Waals surface area contributed by atoms with Gasteiger partial charge in [0.1, 0.15) is 0 Å². The van der Waals surface area contributed by atoms with Crippen LogP contribution >= 0.6 is 0 Å². The maximum Gasteiger partial charge on any atom is 0.269 e. The number of hydrogen-bond acceptors (Lipinski definition) is 5. The summed E-state index contributed by atoms with van der Waals surface area (Å²) >= 11 is 0. The number of carbonyl (C=O) groups is 2. The maximum absolute atomic E-state index is 12.1. The van der Waals surface area contributed by atoms with Gasteiger partial charge in [0.25, 0.3) is 5.69 Å². The normalized spacial score (nSPS) is 10.3. The summed E-state index contributed by atoms with van der Waals surface area (Å²) in [5, 5.41) is 19.2. The Hall–Kier alpha value is -3.42. The van der Waals surface area contributed by atoms with E-state index in [2.05, 4.69) is 16.0 Å². The van der Waals surface area contributed by atoms with Crippen LogP contribution in [0.15, 0.2) is 36.4 Å². The van der Waals surface area contributed by atoms with Crippen molar-refractivity contribution in [1.29, 1.82) is 0 Å². The van der Waals surface area contributed by atoms with E-state index in [0.29, 0.717) is 13.0 Å². The molecule has 0 aliphatic carbocycles. The van der Waals surface area contributed by atoms with E-state index < -0.39 is 4.92 Å². The van der Waals surface area contributed by atoms with Crippen LogP contribution in [0.25, 0.3) is 0 Å². The van der Waals surface area contributed by atoms with Gasteiger partial charge in [0.2, 0.25) is 11.8 Å². The molecule has 0 atom stereocenters. The molecule has 0 aliphatic rings. The third-order valence-electron chi connectivity index (χ3n) is 4.38. The molecule has 0 bridgehead atoms. The number of non-ortho nitro benzene ring substituents is 1. The minimum atomic E-state index is -0.453. The Kier molecular flexibility index (Phi) is 7.70. The molecule has 8 nitrogen and oxygen atoms in total. The van der Waals surface area contributed by atoms with E-state index in [1.165, 1.54) is 12.1 Å². The van der Waals surface area contributed by atoms with Gasteiger partial charge in [-0.05, 0) is 50.5 Å². The van der Waals surface area contributed by atoms with E-state index in [1.54, 1.807) is 12.1 Å². The zero-order valence-corrected chi connectivity index (χ0v) is 16.9. The van der Waals surface area contributed by atoms with E-state index >= 15 is 0 Å². The van der Waals surface area contributed by atoms with Crippen LogP contribution in [0.2, 0.25) is 0 Å². The van der Waals surface area contributed by atoms with E-state index in [1.807, 2.05) is 32.9 Å². The van der Waals surface area contributed by atoms with Gasteiger partial charge in [-0.25, -0.2) is 0 Å². The first-order chi connectivity index (χ1) is 13.8. The molecule has 0 heterocycles. The lowest BCUT2D eigenvalue weighted by molar-refractivity contribution is -0.384. The fourth-order valence-corrected chi connectivity index (χ4v) is 3.01. The molecule has 29 heavy (non-hydrogen) atoms. The Labute approximate surface area is 169 Å². The van der Waals surface area contributed by atoms with Crippen molar-refractivity contribution in [2.75, 3.05) is 23.7 Å². The van der Waals surface area contributed by atoms with Crippen molar-refractivity contribution < 1.29 is 14.5 Å². The SMILES string of the molecule is Cc1cc(C)c(NC(=O)CNC(=O)CCCNc2ccc([N+](=O)[O-])cc2)c(C)c1. The molecule has 0 spiro atoms. The Morgan fingerprint density at radius 1 is 1.00 bits per heavy atom. The van der Waals surface area contributed by atoms with E-state index in [9.17, 15) is 19.7 Å². The molecule has 8 heteroatoms. The van der Waals surface area contributed by atoms with Crippen molar-refractivity contribution in [3.63, 3.8) is 0 Å². The van der Waals surface area contributed by atoms with Crippen LogP contribution in [0.1, 0.15) is 29.5 Å². The molecular weight excluding hydrogens is 372 g/mol. The van der Waals surface area contributed by atoms with Crippen molar-refractivity contribution in [2.24, 2.45) is 0 Å². The van der Waals surface area contributed by atoms with Crippen molar-refractivity contribution in [2.45, 2.75) is 33.6 Å². The number of aryl methyl sites for hydroxylation is 3. The highest BCUT2D eigenvalue weighted by Gasteiger charge is 2.10. The standard InChI is InChI=1S/C21H26N4O4/c1-14-11-15(2)21(16(3)12-14)24-20(27)13-23-19(26)5-4-10-22-17-6-8-18(9-7-17)25(28)29/h6-9,11-12,22H,4-5,10,13H2,1-3H3,(H,23,26)(H,24,27). The molecule has 2 rings (SSSR count). The summed E-state index contributed by atoms with van der Waals surface area (Å²) < 4.78 is 0. The minimum absolute atomic E-state index is 0.0317. The number of nitro groups is 1. The monoisotopic (exact) mass is 398 g/mol. The van der Waals surface area contributed by atoms with Gasteiger partial charge in [-0.2, -0.15) is 0 Å². The second kappa shape index (κ2) is 10.2. The third-order valence-corrected chi connectivity index (χ3v) is 4.38. The average Bonchev–Trinajstić information content (AvgIpc) is 2.66. The van der Waals surface area contributed by atoms with Crippen LogP contribution in [0.5, 0.6) is 0 Å². The Morgan fingerprint density at radius 3 is 2.21 bits per heavy atom. The molecule has 0 saturated carbocycles. The molecular formula is C21H26N4O4. The van der Waals surface area contributed by atoms with Crippen molar-refractivity contribution in [3.8, 4) is 0 Å². The van der Waals surface area contributed by atoms with Gasteiger partial charge in [-0.15, -0.1) is 0 Å². The summed E-state index contributed by atoms with van der Waals surface area (Å²) in [5.74, 6) is -0.472. The molecule has 0 unspecified atom stereocenters. The summed E-state index contributed by atoms with van der Waals surface area (Å²) in [6.07, 6.45) is 0.844. The van der Waals surface area contributed by atoms with Gasteiger partial charge in [0.05, 0.1) is 11.5 Å². The average molecular weight is 398 g/mol. The minimum Gasteiger partial charge on any atom is -0.385 e. The topological polar surface area (TPSA) is 113 Å². The first-order valence-corrected chi connectivity index (χ1v) is 9.39. The summed E-state index contributed by atoms with van der Waals surface area (Å²) in [7, 11) is 0. The van der Waals surface area contributed by atoms with Crippen molar-refractivity contribution >= 4 is 28.9 Å². The molecule has 0 radical (unpaired) electrons. The number of benzene rings is 2. The molecule has 0 fully saturated rings. The number of amides is 2. The van der Waals surface area contributed by atoms with Crippen molar-refractivity contribution in [3.05, 3.63) is 63.2 Å². The molecule has 0 saturated heterocycles. The smallest absolute Gasteiger partial charge is 0.269 e. The second-order valence-corrected chi connectivity index (χ2v) is 6.93. The first kappa shape index (κ1) is 21.9. The zero-order valence-electron chi connectivity index (χ0n) is 16.9. The molecule has 2 aromatic rings. The third kappa shape index (κ3) is 6.91. The van der Waals surface area contributed by atoms with Gasteiger partial charge >= 0.3 is 0 Å². The van der Waals surface area contributed by atoms with Crippen molar-refractivity contribution in [1.82, 2.24) is 5.32 Å². The van der Waals surface area contributed by atoms with Crippen LogP contribution in [-0.4, -0.2) is 29.8 Å². The Bertz CT molecular complexity index is 871. The Balaban J connectivity index is 1.68. The molecule has 3 N–H and O–H groups in total. The number of carbonyl (C=O) groups excluding carboxylic acids is 2. The summed E-state index contributed by atoms with van der Waals surface area (Å²) in [6.45, 7) is 6.33. The predicted octanol–water partition coefficient (Wildman–Crippen LogP) is 3.47. The molecule has 2 amide bonds. The van der Waals surface area contributed by atoms with Gasteiger partial charge in [-0.3, -0.25) is 19.7 Å². The summed E-state index contributed by atoms with van der Waals surface area (Å²) in [6, 6.07) is 10.1. The molecule has 0 aliphatic heterocycles. The lowest BCUT2D eigenvalue weighted by Gasteiger charge is -2.13. The molecule has 0 aromatic heterocycles. The first-order valence-electron chi connectivity index (χ1n) is 9.39. The van der Waals surface area contributed by atoms with Crippen LogP contribution in [0.4, 0.5) is 17.1 Å². The number of rotatable bonds is 9. The van der Waals surface area contributed by atoms with Crippen LogP contribution in [0.3, 0.4) is 0 Å². The van der Waals surface area contributed by atoms with E-state index in [4.69, 9.17) is 0 Å². The van der Waals surface area contributed by atoms with Crippen LogP contribution in [-0.2, 0) is 9.59 Å². The Morgan fingerprint density at radius 2 is 1.62 bits per heavy atom. The second-order valence-electron chi connectivity index (χ2n) is 6.93. The number of nitrogens with zero attached hydrogens (tertiary/aromatic N) is 1. The van der Waals surface area contributed by atoms with Gasteiger partial charge in [0.15, 0.2) is 0 Å².